The summed E-state index contributed by atoms with van der Waals surface area (Å²) in [6.45, 7) is 6.06. The van der Waals surface area contributed by atoms with Crippen molar-refractivity contribution in [2.24, 2.45) is 5.92 Å². The molecule has 1 aliphatic rings. The molecule has 0 atom stereocenters. The van der Waals surface area contributed by atoms with Gasteiger partial charge in [0.1, 0.15) is 0 Å². The van der Waals surface area contributed by atoms with E-state index in [2.05, 4.69) is 19.2 Å². The number of rotatable bonds is 4. The SMILES string of the molecule is Cc1ccc(NC(C)(C)C2CC2)cc1[N+](=O)[O-]. The fourth-order valence-electron chi connectivity index (χ4n) is 2.16. The minimum atomic E-state index is -0.329. The van der Waals surface area contributed by atoms with Crippen LogP contribution in [0.4, 0.5) is 11.4 Å². The quantitative estimate of drug-likeness (QED) is 0.640. The third-order valence-corrected chi connectivity index (χ3v) is 3.47. The summed E-state index contributed by atoms with van der Waals surface area (Å²) < 4.78 is 0. The average molecular weight is 234 g/mol. The van der Waals surface area contributed by atoms with Gasteiger partial charge in [-0.3, -0.25) is 10.1 Å². The van der Waals surface area contributed by atoms with Gasteiger partial charge in [-0.2, -0.15) is 0 Å². The molecule has 1 fully saturated rings. The Balaban J connectivity index is 2.21. The van der Waals surface area contributed by atoms with Crippen molar-refractivity contribution >= 4 is 11.4 Å². The van der Waals surface area contributed by atoms with Crippen LogP contribution in [0, 0.1) is 23.0 Å². The van der Waals surface area contributed by atoms with E-state index in [1.807, 2.05) is 6.07 Å². The van der Waals surface area contributed by atoms with E-state index in [1.54, 1.807) is 19.1 Å². The van der Waals surface area contributed by atoms with Gasteiger partial charge in [0, 0.05) is 22.9 Å². The summed E-state index contributed by atoms with van der Waals surface area (Å²) in [6.07, 6.45) is 2.49. The van der Waals surface area contributed by atoms with E-state index in [0.717, 1.165) is 5.69 Å². The van der Waals surface area contributed by atoms with Gasteiger partial charge in [-0.15, -0.1) is 0 Å². The van der Waals surface area contributed by atoms with Crippen LogP contribution in [0.25, 0.3) is 0 Å². The van der Waals surface area contributed by atoms with E-state index in [4.69, 9.17) is 0 Å². The predicted molar refractivity (Wildman–Crippen MR) is 68.3 cm³/mol. The van der Waals surface area contributed by atoms with Crippen molar-refractivity contribution in [2.75, 3.05) is 5.32 Å². The Morgan fingerprint density at radius 3 is 2.59 bits per heavy atom. The Labute approximate surface area is 101 Å². The zero-order valence-corrected chi connectivity index (χ0v) is 10.5. The highest BCUT2D eigenvalue weighted by Gasteiger charge is 2.37. The fourth-order valence-corrected chi connectivity index (χ4v) is 2.16. The summed E-state index contributed by atoms with van der Waals surface area (Å²) in [6, 6.07) is 5.33. The van der Waals surface area contributed by atoms with Crippen LogP contribution in [0.15, 0.2) is 18.2 Å². The zero-order chi connectivity index (χ0) is 12.6. The van der Waals surface area contributed by atoms with E-state index in [1.165, 1.54) is 12.8 Å². The van der Waals surface area contributed by atoms with Crippen molar-refractivity contribution in [3.63, 3.8) is 0 Å². The highest BCUT2D eigenvalue weighted by molar-refractivity contribution is 5.56. The van der Waals surface area contributed by atoms with Crippen molar-refractivity contribution in [1.82, 2.24) is 0 Å². The molecule has 92 valence electrons. The number of anilines is 1. The van der Waals surface area contributed by atoms with E-state index in [9.17, 15) is 10.1 Å². The van der Waals surface area contributed by atoms with E-state index in [-0.39, 0.29) is 16.1 Å². The van der Waals surface area contributed by atoms with E-state index < -0.39 is 0 Å². The lowest BCUT2D eigenvalue weighted by Crippen LogP contribution is -2.33. The molecule has 0 aliphatic heterocycles. The second-order valence-corrected chi connectivity index (χ2v) is 5.38. The lowest BCUT2D eigenvalue weighted by Gasteiger charge is -2.27. The van der Waals surface area contributed by atoms with Gasteiger partial charge in [-0.25, -0.2) is 0 Å². The van der Waals surface area contributed by atoms with Crippen molar-refractivity contribution in [2.45, 2.75) is 39.2 Å². The minimum absolute atomic E-state index is 0.0170. The summed E-state index contributed by atoms with van der Waals surface area (Å²) in [5.74, 6) is 0.683. The van der Waals surface area contributed by atoms with Crippen molar-refractivity contribution in [3.8, 4) is 0 Å². The monoisotopic (exact) mass is 234 g/mol. The molecule has 1 N–H and O–H groups in total. The standard InChI is InChI=1S/C13H18N2O2/c1-9-4-7-11(8-12(9)15(16)17)14-13(2,3)10-5-6-10/h4,7-8,10,14H,5-6H2,1-3H3. The number of hydrogen-bond donors (Lipinski definition) is 1. The number of nitrogens with zero attached hydrogens (tertiary/aromatic N) is 1. The number of nitro benzene ring substituents is 1. The first-order valence-corrected chi connectivity index (χ1v) is 5.93. The normalized spacial score (nSPS) is 15.7. The molecule has 1 aliphatic carbocycles. The van der Waals surface area contributed by atoms with Crippen LogP contribution in [0.1, 0.15) is 32.3 Å². The largest absolute Gasteiger partial charge is 0.380 e. The minimum Gasteiger partial charge on any atom is -0.380 e. The molecule has 0 unspecified atom stereocenters. The highest BCUT2D eigenvalue weighted by atomic mass is 16.6. The molecule has 1 aromatic rings. The molecule has 1 aromatic carbocycles. The topological polar surface area (TPSA) is 55.2 Å². The molecule has 0 heterocycles. The van der Waals surface area contributed by atoms with Gasteiger partial charge in [0.05, 0.1) is 4.92 Å². The molecular weight excluding hydrogens is 216 g/mol. The number of aryl methyl sites for hydroxylation is 1. The van der Waals surface area contributed by atoms with E-state index in [0.29, 0.717) is 11.5 Å². The molecule has 1 saturated carbocycles. The van der Waals surface area contributed by atoms with Gasteiger partial charge in [0.25, 0.3) is 5.69 Å². The molecule has 4 nitrogen and oxygen atoms in total. The van der Waals surface area contributed by atoms with Crippen LogP contribution in [-0.2, 0) is 0 Å². The van der Waals surface area contributed by atoms with Gasteiger partial charge in [-0.1, -0.05) is 6.07 Å². The third-order valence-electron chi connectivity index (χ3n) is 3.47. The van der Waals surface area contributed by atoms with Crippen LogP contribution < -0.4 is 5.32 Å². The highest BCUT2D eigenvalue weighted by Crippen LogP contribution is 2.41. The summed E-state index contributed by atoms with van der Waals surface area (Å²) in [7, 11) is 0. The van der Waals surface area contributed by atoms with Gasteiger partial charge < -0.3 is 5.32 Å². The average Bonchev–Trinajstić information content (AvgIpc) is 3.03. The lowest BCUT2D eigenvalue weighted by atomic mass is 9.98. The van der Waals surface area contributed by atoms with Crippen molar-refractivity contribution < 1.29 is 4.92 Å². The van der Waals surface area contributed by atoms with Gasteiger partial charge in [0.15, 0.2) is 0 Å². The maximum Gasteiger partial charge on any atom is 0.274 e. The molecule has 0 amide bonds. The smallest absolute Gasteiger partial charge is 0.274 e. The van der Waals surface area contributed by atoms with Crippen LogP contribution >= 0.6 is 0 Å². The number of nitro groups is 1. The second-order valence-electron chi connectivity index (χ2n) is 5.38. The Morgan fingerprint density at radius 1 is 1.41 bits per heavy atom. The summed E-state index contributed by atoms with van der Waals surface area (Å²) >= 11 is 0. The molecule has 2 rings (SSSR count). The van der Waals surface area contributed by atoms with Crippen molar-refractivity contribution in [3.05, 3.63) is 33.9 Å². The Morgan fingerprint density at radius 2 is 2.06 bits per heavy atom. The molecule has 0 saturated heterocycles. The first-order valence-electron chi connectivity index (χ1n) is 5.93. The molecule has 0 radical (unpaired) electrons. The first kappa shape index (κ1) is 11.9. The van der Waals surface area contributed by atoms with Crippen LogP contribution in [0.2, 0.25) is 0 Å². The maximum absolute atomic E-state index is 10.9. The van der Waals surface area contributed by atoms with Gasteiger partial charge in [0.2, 0.25) is 0 Å². The number of hydrogen-bond acceptors (Lipinski definition) is 3. The third kappa shape index (κ3) is 2.57. The summed E-state index contributed by atoms with van der Waals surface area (Å²) in [4.78, 5) is 10.5. The maximum atomic E-state index is 10.9. The number of benzene rings is 1. The van der Waals surface area contributed by atoms with Gasteiger partial charge in [-0.05, 0) is 45.6 Å². The second kappa shape index (κ2) is 4.02. The Bertz CT molecular complexity index is 451. The van der Waals surface area contributed by atoms with Crippen LogP contribution in [0.3, 0.4) is 0 Å². The van der Waals surface area contributed by atoms with Crippen LogP contribution in [-0.4, -0.2) is 10.5 Å². The Kier molecular flexibility index (Phi) is 2.81. The number of nitrogens with one attached hydrogen (secondary N) is 1. The predicted octanol–water partition coefficient (Wildman–Crippen LogP) is 3.50. The first-order chi connectivity index (χ1) is 7.90. The van der Waals surface area contributed by atoms with Crippen LogP contribution in [0.5, 0.6) is 0 Å². The van der Waals surface area contributed by atoms with Crippen molar-refractivity contribution in [1.29, 1.82) is 0 Å². The summed E-state index contributed by atoms with van der Waals surface area (Å²) in [5, 5.41) is 14.3. The Hall–Kier alpha value is -1.58. The molecule has 17 heavy (non-hydrogen) atoms. The molecule has 4 heteroatoms. The fraction of sp³-hybridized carbons (Fsp3) is 0.538. The zero-order valence-electron chi connectivity index (χ0n) is 10.5. The molecule has 0 bridgehead atoms. The lowest BCUT2D eigenvalue weighted by molar-refractivity contribution is -0.385. The van der Waals surface area contributed by atoms with E-state index >= 15 is 0 Å². The van der Waals surface area contributed by atoms with Gasteiger partial charge >= 0.3 is 0 Å². The summed E-state index contributed by atoms with van der Waals surface area (Å²) in [5.41, 5.74) is 1.73. The molecule has 0 aromatic heterocycles. The molecule has 0 spiro atoms. The molecular formula is C13H18N2O2.